The molecule has 0 saturated heterocycles. The van der Waals surface area contributed by atoms with Crippen LogP contribution < -0.4 is 4.46 Å². The molecule has 13 heavy (non-hydrogen) atoms. The van der Waals surface area contributed by atoms with Crippen LogP contribution >= 0.6 is 0 Å². The first kappa shape index (κ1) is 10.3. The Bertz CT molecular complexity index is 272. The summed E-state index contributed by atoms with van der Waals surface area (Å²) in [5.41, 5.74) is 0. The van der Waals surface area contributed by atoms with Crippen molar-refractivity contribution in [1.82, 2.24) is 0 Å². The van der Waals surface area contributed by atoms with E-state index < -0.39 is 5.97 Å². The van der Waals surface area contributed by atoms with Crippen LogP contribution in [-0.4, -0.2) is 26.0 Å². The van der Waals surface area contributed by atoms with Crippen LogP contribution in [0.1, 0.15) is 13.3 Å². The van der Waals surface area contributed by atoms with Gasteiger partial charge in [0.15, 0.2) is 0 Å². The van der Waals surface area contributed by atoms with Gasteiger partial charge in [-0.1, -0.05) is 0 Å². The topological polar surface area (TPSA) is 37.3 Å². The Hall–Kier alpha value is -0.791. The SMILES string of the molecule is C[C@H](CC(=O)O)[Se]c1ccccc1. The molecular formula is C10H12O2Se. The van der Waals surface area contributed by atoms with Gasteiger partial charge in [-0.15, -0.1) is 0 Å². The fourth-order valence-electron chi connectivity index (χ4n) is 1.02. The summed E-state index contributed by atoms with van der Waals surface area (Å²) in [4.78, 5) is 10.7. The Morgan fingerprint density at radius 1 is 1.46 bits per heavy atom. The molecule has 0 aliphatic heterocycles. The minimum atomic E-state index is -0.703. The second kappa shape index (κ2) is 5.05. The second-order valence-electron chi connectivity index (χ2n) is 2.84. The number of carboxylic acid groups (broad SMARTS) is 1. The summed E-state index contributed by atoms with van der Waals surface area (Å²) in [5.74, 6) is -0.703. The third-order valence-electron chi connectivity index (χ3n) is 1.54. The van der Waals surface area contributed by atoms with Gasteiger partial charge in [-0.2, -0.15) is 0 Å². The van der Waals surface area contributed by atoms with Crippen LogP contribution in [0.5, 0.6) is 0 Å². The summed E-state index contributed by atoms with van der Waals surface area (Å²) in [6.45, 7) is 1.99. The molecule has 1 atom stereocenters. The first-order chi connectivity index (χ1) is 6.18. The quantitative estimate of drug-likeness (QED) is 0.809. The fourth-order valence-corrected chi connectivity index (χ4v) is 3.13. The van der Waals surface area contributed by atoms with Gasteiger partial charge >= 0.3 is 83.8 Å². The summed E-state index contributed by atoms with van der Waals surface area (Å²) < 4.78 is 1.27. The van der Waals surface area contributed by atoms with Gasteiger partial charge in [-0.3, -0.25) is 0 Å². The molecule has 0 aliphatic carbocycles. The maximum atomic E-state index is 10.4. The van der Waals surface area contributed by atoms with Crippen molar-refractivity contribution in [3.05, 3.63) is 30.3 Å². The van der Waals surface area contributed by atoms with E-state index in [9.17, 15) is 4.79 Å². The molecule has 0 spiro atoms. The van der Waals surface area contributed by atoms with Crippen molar-refractivity contribution in [2.24, 2.45) is 0 Å². The first-order valence-electron chi connectivity index (χ1n) is 4.12. The third kappa shape index (κ3) is 4.11. The molecule has 1 N–H and O–H groups in total. The van der Waals surface area contributed by atoms with E-state index in [4.69, 9.17) is 5.11 Å². The summed E-state index contributed by atoms with van der Waals surface area (Å²) in [5, 5.41) is 8.57. The number of carboxylic acids is 1. The van der Waals surface area contributed by atoms with E-state index in [1.54, 1.807) is 0 Å². The van der Waals surface area contributed by atoms with E-state index in [1.165, 1.54) is 4.46 Å². The van der Waals surface area contributed by atoms with Gasteiger partial charge in [-0.25, -0.2) is 0 Å². The molecule has 0 heterocycles. The molecule has 0 fully saturated rings. The predicted octanol–water partition coefficient (Wildman–Crippen LogP) is 1.30. The number of rotatable bonds is 4. The van der Waals surface area contributed by atoms with E-state index in [1.807, 2.05) is 25.1 Å². The van der Waals surface area contributed by atoms with Crippen molar-refractivity contribution in [2.75, 3.05) is 0 Å². The molecule has 0 bridgehead atoms. The predicted molar refractivity (Wildman–Crippen MR) is 53.5 cm³/mol. The average Bonchev–Trinajstić information content (AvgIpc) is 2.04. The molecule has 2 nitrogen and oxygen atoms in total. The average molecular weight is 243 g/mol. The van der Waals surface area contributed by atoms with Gasteiger partial charge in [0.1, 0.15) is 0 Å². The van der Waals surface area contributed by atoms with Crippen molar-refractivity contribution < 1.29 is 9.90 Å². The van der Waals surface area contributed by atoms with Gasteiger partial charge in [0.2, 0.25) is 0 Å². The van der Waals surface area contributed by atoms with Crippen LogP contribution in [0.25, 0.3) is 0 Å². The van der Waals surface area contributed by atoms with Gasteiger partial charge < -0.3 is 0 Å². The van der Waals surface area contributed by atoms with Crippen molar-refractivity contribution in [1.29, 1.82) is 0 Å². The Morgan fingerprint density at radius 3 is 2.62 bits per heavy atom. The van der Waals surface area contributed by atoms with E-state index in [0.717, 1.165) is 0 Å². The first-order valence-corrected chi connectivity index (χ1v) is 5.96. The van der Waals surface area contributed by atoms with Crippen LogP contribution in [0.3, 0.4) is 0 Å². The Kier molecular flexibility index (Phi) is 4.00. The monoisotopic (exact) mass is 244 g/mol. The number of hydrogen-bond donors (Lipinski definition) is 1. The Balaban J connectivity index is 2.45. The summed E-state index contributed by atoms with van der Waals surface area (Å²) in [7, 11) is 0. The molecule has 1 rings (SSSR count). The minimum absolute atomic E-state index is 0.271. The van der Waals surface area contributed by atoms with Crippen LogP contribution in [0.2, 0.25) is 4.82 Å². The molecule has 0 unspecified atom stereocenters. The Labute approximate surface area is 84.1 Å². The zero-order valence-corrected chi connectivity index (χ0v) is 9.15. The number of carbonyl (C=O) groups is 1. The van der Waals surface area contributed by atoms with Crippen molar-refractivity contribution in [3.8, 4) is 0 Å². The normalized spacial score (nSPS) is 12.4. The summed E-state index contributed by atoms with van der Waals surface area (Å²) >= 11 is 0.277. The molecule has 0 radical (unpaired) electrons. The zero-order valence-electron chi connectivity index (χ0n) is 7.43. The number of aliphatic carboxylic acids is 1. The van der Waals surface area contributed by atoms with E-state index in [0.29, 0.717) is 0 Å². The van der Waals surface area contributed by atoms with E-state index in [-0.39, 0.29) is 26.2 Å². The molecule has 1 aromatic rings. The second-order valence-corrected chi connectivity index (χ2v) is 6.01. The van der Waals surface area contributed by atoms with Gasteiger partial charge in [0.25, 0.3) is 0 Å². The molecule has 0 saturated carbocycles. The molecule has 0 aliphatic rings. The third-order valence-corrected chi connectivity index (χ3v) is 3.88. The van der Waals surface area contributed by atoms with Crippen LogP contribution in [0.15, 0.2) is 30.3 Å². The van der Waals surface area contributed by atoms with Crippen molar-refractivity contribution >= 4 is 25.4 Å². The van der Waals surface area contributed by atoms with E-state index >= 15 is 0 Å². The Morgan fingerprint density at radius 2 is 2.08 bits per heavy atom. The van der Waals surface area contributed by atoms with Gasteiger partial charge in [0.05, 0.1) is 0 Å². The molecule has 70 valence electrons. The van der Waals surface area contributed by atoms with Gasteiger partial charge in [-0.05, 0) is 0 Å². The van der Waals surface area contributed by atoms with Crippen molar-refractivity contribution in [3.63, 3.8) is 0 Å². The number of benzene rings is 1. The zero-order chi connectivity index (χ0) is 9.68. The molecule has 0 aromatic heterocycles. The number of hydrogen-bond acceptors (Lipinski definition) is 1. The van der Waals surface area contributed by atoms with Gasteiger partial charge in [0, 0.05) is 0 Å². The van der Waals surface area contributed by atoms with E-state index in [2.05, 4.69) is 12.1 Å². The molecular weight excluding hydrogens is 231 g/mol. The van der Waals surface area contributed by atoms with Crippen molar-refractivity contribution in [2.45, 2.75) is 18.2 Å². The standard InChI is InChI=1S/C10H12O2Se/c1-8(7-10(11)12)13-9-5-3-2-4-6-9/h2-6,8H,7H2,1H3,(H,11,12)/t8-/m1/s1. The van der Waals surface area contributed by atoms with Crippen LogP contribution in [0, 0.1) is 0 Å². The fraction of sp³-hybridized carbons (Fsp3) is 0.300. The maximum absolute atomic E-state index is 10.4. The molecule has 3 heteroatoms. The summed E-state index contributed by atoms with van der Waals surface area (Å²) in [6, 6.07) is 10.1. The molecule has 0 amide bonds. The van der Waals surface area contributed by atoms with Crippen LogP contribution in [-0.2, 0) is 4.79 Å². The molecule has 1 aromatic carbocycles. The van der Waals surface area contributed by atoms with Crippen LogP contribution in [0.4, 0.5) is 0 Å². The summed E-state index contributed by atoms with van der Waals surface area (Å²) in [6.07, 6.45) is 0.273.